The summed E-state index contributed by atoms with van der Waals surface area (Å²) in [6.07, 6.45) is 1.54. The van der Waals surface area contributed by atoms with Crippen molar-refractivity contribution in [3.63, 3.8) is 0 Å². The molecule has 0 bridgehead atoms. The molecule has 0 spiro atoms. The maximum Gasteiger partial charge on any atom is 0.310 e. The lowest BCUT2D eigenvalue weighted by Crippen LogP contribution is -2.36. The molecule has 1 aromatic heterocycles. The van der Waals surface area contributed by atoms with Crippen molar-refractivity contribution >= 4 is 11.9 Å². The molecular weight excluding hydrogens is 338 g/mol. The molecule has 0 fully saturated rings. The van der Waals surface area contributed by atoms with Crippen LogP contribution in [0.3, 0.4) is 0 Å². The van der Waals surface area contributed by atoms with Crippen molar-refractivity contribution in [1.82, 2.24) is 4.90 Å². The molecule has 1 unspecified atom stereocenters. The van der Waals surface area contributed by atoms with Gasteiger partial charge in [0.25, 0.3) is 5.91 Å². The number of esters is 1. The minimum absolute atomic E-state index is 0.186. The van der Waals surface area contributed by atoms with Gasteiger partial charge in [-0.25, -0.2) is 0 Å². The summed E-state index contributed by atoms with van der Waals surface area (Å²) in [7, 11) is 4.36. The Morgan fingerprint density at radius 3 is 2.27 bits per heavy atom. The van der Waals surface area contributed by atoms with Crippen LogP contribution in [0.2, 0.25) is 0 Å². The number of amides is 1. The number of benzene rings is 1. The number of furan rings is 1. The fourth-order valence-corrected chi connectivity index (χ4v) is 2.53. The van der Waals surface area contributed by atoms with Gasteiger partial charge < -0.3 is 23.5 Å². The quantitative estimate of drug-likeness (QED) is 0.673. The molecule has 0 aliphatic heterocycles. The van der Waals surface area contributed by atoms with E-state index in [0.717, 1.165) is 0 Å². The molecule has 26 heavy (non-hydrogen) atoms. The lowest BCUT2D eigenvalue weighted by atomic mass is 10.1. The lowest BCUT2D eigenvalue weighted by molar-refractivity contribution is -0.145. The second-order valence-electron chi connectivity index (χ2n) is 5.79. The summed E-state index contributed by atoms with van der Waals surface area (Å²) in [6.45, 7) is 2.12. The largest absolute Gasteiger partial charge is 0.497 e. The average Bonchev–Trinajstić information content (AvgIpc) is 3.18. The van der Waals surface area contributed by atoms with Crippen molar-refractivity contribution in [2.45, 2.75) is 13.5 Å². The van der Waals surface area contributed by atoms with Crippen LogP contribution in [0.1, 0.15) is 23.0 Å². The molecule has 1 aromatic carbocycles. The van der Waals surface area contributed by atoms with Crippen LogP contribution in [0.4, 0.5) is 0 Å². The zero-order chi connectivity index (χ0) is 19.1. The molecule has 0 saturated carbocycles. The van der Waals surface area contributed by atoms with E-state index in [1.54, 1.807) is 37.3 Å². The van der Waals surface area contributed by atoms with Crippen molar-refractivity contribution in [3.8, 4) is 11.5 Å². The highest BCUT2D eigenvalue weighted by molar-refractivity contribution is 5.95. The SMILES string of the molecule is COC(=O)C(C)CN(Cc1ccco1)C(=O)c1cc(OC)cc(OC)c1. The van der Waals surface area contributed by atoms with Gasteiger partial charge in [0.15, 0.2) is 0 Å². The predicted octanol–water partition coefficient (Wildman–Crippen LogP) is 2.75. The summed E-state index contributed by atoms with van der Waals surface area (Å²) in [5, 5.41) is 0. The maximum absolute atomic E-state index is 13.1. The van der Waals surface area contributed by atoms with Crippen molar-refractivity contribution in [3.05, 3.63) is 47.9 Å². The monoisotopic (exact) mass is 361 g/mol. The third kappa shape index (κ3) is 4.78. The average molecular weight is 361 g/mol. The molecule has 2 rings (SSSR count). The van der Waals surface area contributed by atoms with Crippen molar-refractivity contribution in [2.24, 2.45) is 5.92 Å². The summed E-state index contributed by atoms with van der Waals surface area (Å²) in [6, 6.07) is 8.46. The first-order valence-corrected chi connectivity index (χ1v) is 8.11. The van der Waals surface area contributed by atoms with E-state index in [4.69, 9.17) is 18.6 Å². The van der Waals surface area contributed by atoms with E-state index in [9.17, 15) is 9.59 Å². The Kier molecular flexibility index (Phi) is 6.66. The fourth-order valence-electron chi connectivity index (χ4n) is 2.53. The molecule has 0 N–H and O–H groups in total. The number of hydrogen-bond donors (Lipinski definition) is 0. The normalized spacial score (nSPS) is 11.5. The number of carbonyl (C=O) groups is 2. The molecule has 1 amide bonds. The minimum atomic E-state index is -0.480. The highest BCUT2D eigenvalue weighted by Crippen LogP contribution is 2.24. The van der Waals surface area contributed by atoms with Crippen LogP contribution in [0.25, 0.3) is 0 Å². The van der Waals surface area contributed by atoms with Crippen molar-refractivity contribution < 1.29 is 28.2 Å². The van der Waals surface area contributed by atoms with Gasteiger partial charge >= 0.3 is 5.97 Å². The number of rotatable bonds is 8. The topological polar surface area (TPSA) is 78.2 Å². The predicted molar refractivity (Wildman–Crippen MR) is 94.2 cm³/mol. The van der Waals surface area contributed by atoms with Gasteiger partial charge in [-0.05, 0) is 24.3 Å². The van der Waals surface area contributed by atoms with E-state index < -0.39 is 5.92 Å². The summed E-state index contributed by atoms with van der Waals surface area (Å²) in [5.74, 6) is 0.495. The van der Waals surface area contributed by atoms with E-state index in [1.165, 1.54) is 32.5 Å². The van der Waals surface area contributed by atoms with Gasteiger partial charge in [-0.3, -0.25) is 9.59 Å². The molecule has 7 heteroatoms. The summed E-state index contributed by atoms with van der Waals surface area (Å²) in [5.41, 5.74) is 0.393. The standard InChI is InChI=1S/C19H23NO6/c1-13(19(22)25-4)11-20(12-15-6-5-7-26-15)18(21)14-8-16(23-2)10-17(9-14)24-3/h5-10,13H,11-12H2,1-4H3. The third-order valence-electron chi connectivity index (χ3n) is 3.91. The second-order valence-corrected chi connectivity index (χ2v) is 5.79. The maximum atomic E-state index is 13.1. The summed E-state index contributed by atoms with van der Waals surface area (Å²) >= 11 is 0. The zero-order valence-corrected chi connectivity index (χ0v) is 15.4. The Bertz CT molecular complexity index is 718. The van der Waals surface area contributed by atoms with Crippen LogP contribution in [0, 0.1) is 5.92 Å². The highest BCUT2D eigenvalue weighted by atomic mass is 16.5. The van der Waals surface area contributed by atoms with Gasteiger partial charge in [0.05, 0.1) is 40.1 Å². The lowest BCUT2D eigenvalue weighted by Gasteiger charge is -2.24. The van der Waals surface area contributed by atoms with E-state index in [-0.39, 0.29) is 25.0 Å². The van der Waals surface area contributed by atoms with Gasteiger partial charge in [-0.1, -0.05) is 6.92 Å². The number of methoxy groups -OCH3 is 3. The number of ether oxygens (including phenoxy) is 3. The fraction of sp³-hybridized carbons (Fsp3) is 0.368. The number of nitrogens with zero attached hydrogens (tertiary/aromatic N) is 1. The Morgan fingerprint density at radius 2 is 1.77 bits per heavy atom. The van der Waals surface area contributed by atoms with Crippen molar-refractivity contribution in [1.29, 1.82) is 0 Å². The van der Waals surface area contributed by atoms with Crippen LogP contribution < -0.4 is 9.47 Å². The molecular formula is C19H23NO6. The molecule has 1 heterocycles. The Morgan fingerprint density at radius 1 is 1.12 bits per heavy atom. The molecule has 0 saturated heterocycles. The van der Waals surface area contributed by atoms with Crippen LogP contribution >= 0.6 is 0 Å². The first-order valence-electron chi connectivity index (χ1n) is 8.11. The van der Waals surface area contributed by atoms with Gasteiger partial charge in [0.1, 0.15) is 17.3 Å². The van der Waals surface area contributed by atoms with Gasteiger partial charge in [-0.15, -0.1) is 0 Å². The van der Waals surface area contributed by atoms with Crippen LogP contribution in [0.15, 0.2) is 41.0 Å². The number of carbonyl (C=O) groups excluding carboxylic acids is 2. The molecule has 0 radical (unpaired) electrons. The summed E-state index contributed by atoms with van der Waals surface area (Å²) < 4.78 is 20.6. The molecule has 7 nitrogen and oxygen atoms in total. The second kappa shape index (κ2) is 8.94. The highest BCUT2D eigenvalue weighted by Gasteiger charge is 2.24. The number of hydrogen-bond acceptors (Lipinski definition) is 6. The third-order valence-corrected chi connectivity index (χ3v) is 3.91. The summed E-state index contributed by atoms with van der Waals surface area (Å²) in [4.78, 5) is 26.4. The Hall–Kier alpha value is -2.96. The van der Waals surface area contributed by atoms with Crippen molar-refractivity contribution in [2.75, 3.05) is 27.9 Å². The molecule has 0 aliphatic carbocycles. The Balaban J connectivity index is 2.31. The van der Waals surface area contributed by atoms with Crippen LogP contribution in [-0.2, 0) is 16.1 Å². The Labute approximate surface area is 152 Å². The minimum Gasteiger partial charge on any atom is -0.497 e. The van der Waals surface area contributed by atoms with Gasteiger partial charge in [0, 0.05) is 18.2 Å². The van der Waals surface area contributed by atoms with Crippen LogP contribution in [0.5, 0.6) is 11.5 Å². The van der Waals surface area contributed by atoms with Gasteiger partial charge in [0.2, 0.25) is 0 Å². The van der Waals surface area contributed by atoms with E-state index in [0.29, 0.717) is 22.8 Å². The molecule has 2 aromatic rings. The van der Waals surface area contributed by atoms with E-state index >= 15 is 0 Å². The molecule has 0 aliphatic rings. The zero-order valence-electron chi connectivity index (χ0n) is 15.4. The molecule has 1 atom stereocenters. The first-order chi connectivity index (χ1) is 12.5. The van der Waals surface area contributed by atoms with Gasteiger partial charge in [-0.2, -0.15) is 0 Å². The van der Waals surface area contributed by atoms with E-state index in [2.05, 4.69) is 0 Å². The van der Waals surface area contributed by atoms with Crippen LogP contribution in [-0.4, -0.2) is 44.7 Å². The first kappa shape index (κ1) is 19.4. The smallest absolute Gasteiger partial charge is 0.310 e. The van der Waals surface area contributed by atoms with E-state index in [1.807, 2.05) is 0 Å². The molecule has 140 valence electrons.